The van der Waals surface area contributed by atoms with Gasteiger partial charge in [-0.2, -0.15) is 0 Å². The molecule has 0 aliphatic heterocycles. The lowest BCUT2D eigenvalue weighted by Crippen LogP contribution is -2.36. The molecule has 0 saturated carbocycles. The molecule has 1 amide bonds. The number of non-ortho nitro benzene ring substituents is 1. The molecule has 0 aromatic heterocycles. The number of carboxylic acid groups (broad SMARTS) is 1. The van der Waals surface area contributed by atoms with Crippen LogP contribution >= 0.6 is 0 Å². The minimum atomic E-state index is -1.37. The van der Waals surface area contributed by atoms with E-state index in [0.29, 0.717) is 6.54 Å². The Balaban J connectivity index is 2.94. The summed E-state index contributed by atoms with van der Waals surface area (Å²) >= 11 is 0. The molecular formula is C13H16N2O6. The highest BCUT2D eigenvalue weighted by molar-refractivity contribution is 5.92. The maximum Gasteiger partial charge on any atom is 0.339 e. The molecule has 1 rings (SSSR count). The van der Waals surface area contributed by atoms with Gasteiger partial charge in [-0.15, -0.1) is 0 Å². The molecule has 0 spiro atoms. The van der Waals surface area contributed by atoms with E-state index in [2.05, 4.69) is 5.32 Å². The second kappa shape index (κ2) is 7.22. The predicted molar refractivity (Wildman–Crippen MR) is 73.4 cm³/mol. The van der Waals surface area contributed by atoms with Gasteiger partial charge in [0.25, 0.3) is 11.6 Å². The predicted octanol–water partition coefficient (Wildman–Crippen LogP) is 1.59. The van der Waals surface area contributed by atoms with Crippen LogP contribution in [0.2, 0.25) is 0 Å². The first-order valence-corrected chi connectivity index (χ1v) is 6.33. The number of carbonyl (C=O) groups excluding carboxylic acids is 1. The molecule has 0 aliphatic carbocycles. The Morgan fingerprint density at radius 3 is 2.67 bits per heavy atom. The molecule has 1 unspecified atom stereocenters. The van der Waals surface area contributed by atoms with Gasteiger partial charge in [-0.1, -0.05) is 6.92 Å². The van der Waals surface area contributed by atoms with E-state index in [1.54, 1.807) is 0 Å². The highest BCUT2D eigenvalue weighted by Gasteiger charge is 2.21. The van der Waals surface area contributed by atoms with Crippen molar-refractivity contribution in [1.29, 1.82) is 0 Å². The Morgan fingerprint density at radius 2 is 2.14 bits per heavy atom. The van der Waals surface area contributed by atoms with Gasteiger partial charge in [-0.3, -0.25) is 14.9 Å². The van der Waals surface area contributed by atoms with E-state index in [0.717, 1.165) is 18.6 Å². The standard InChI is InChI=1S/C13H16N2O6/c1-3-6-14-12(16)8(2)21-11-5-4-9(15(19)20)7-10(11)13(17)18/h4-5,7-8H,3,6H2,1-2H3,(H,14,16)(H,17,18). The summed E-state index contributed by atoms with van der Waals surface area (Å²) in [6.07, 6.45) is -0.146. The van der Waals surface area contributed by atoms with Crippen LogP contribution in [-0.2, 0) is 4.79 Å². The number of benzene rings is 1. The normalized spacial score (nSPS) is 11.5. The van der Waals surface area contributed by atoms with Crippen LogP contribution in [0.5, 0.6) is 5.75 Å². The van der Waals surface area contributed by atoms with Crippen molar-refractivity contribution in [3.63, 3.8) is 0 Å². The first-order valence-electron chi connectivity index (χ1n) is 6.33. The van der Waals surface area contributed by atoms with Crippen molar-refractivity contribution in [2.45, 2.75) is 26.4 Å². The van der Waals surface area contributed by atoms with Crippen LogP contribution in [0.3, 0.4) is 0 Å². The molecule has 0 radical (unpaired) electrons. The number of nitrogens with zero attached hydrogens (tertiary/aromatic N) is 1. The SMILES string of the molecule is CCCNC(=O)C(C)Oc1ccc([N+](=O)[O-])cc1C(=O)O. The van der Waals surface area contributed by atoms with Crippen molar-refractivity contribution in [2.75, 3.05) is 6.54 Å². The molecule has 2 N–H and O–H groups in total. The van der Waals surface area contributed by atoms with Crippen LogP contribution < -0.4 is 10.1 Å². The molecule has 0 saturated heterocycles. The number of amides is 1. The topological polar surface area (TPSA) is 119 Å². The van der Waals surface area contributed by atoms with Crippen molar-refractivity contribution >= 4 is 17.6 Å². The summed E-state index contributed by atoms with van der Waals surface area (Å²) < 4.78 is 5.28. The number of aromatic carboxylic acids is 1. The van der Waals surface area contributed by atoms with Gasteiger partial charge in [0.05, 0.1) is 4.92 Å². The number of carboxylic acids is 1. The summed E-state index contributed by atoms with van der Waals surface area (Å²) in [7, 11) is 0. The molecule has 1 aromatic rings. The van der Waals surface area contributed by atoms with Gasteiger partial charge in [-0.05, 0) is 19.4 Å². The van der Waals surface area contributed by atoms with Crippen molar-refractivity contribution < 1.29 is 24.4 Å². The Labute approximate surface area is 120 Å². The fourth-order valence-electron chi connectivity index (χ4n) is 1.54. The zero-order chi connectivity index (χ0) is 16.0. The van der Waals surface area contributed by atoms with Crippen molar-refractivity contribution in [2.24, 2.45) is 0 Å². The zero-order valence-electron chi connectivity index (χ0n) is 11.7. The molecule has 114 valence electrons. The Hall–Kier alpha value is -2.64. The number of nitrogens with one attached hydrogen (secondary N) is 1. The van der Waals surface area contributed by atoms with E-state index in [9.17, 15) is 19.7 Å². The van der Waals surface area contributed by atoms with Gasteiger partial charge in [0.1, 0.15) is 11.3 Å². The summed E-state index contributed by atoms with van der Waals surface area (Å²) in [5.74, 6) is -1.84. The van der Waals surface area contributed by atoms with Crippen LogP contribution in [0.4, 0.5) is 5.69 Å². The number of rotatable bonds is 7. The number of hydrogen-bond donors (Lipinski definition) is 2. The molecule has 21 heavy (non-hydrogen) atoms. The van der Waals surface area contributed by atoms with E-state index in [4.69, 9.17) is 9.84 Å². The summed E-state index contributed by atoms with van der Waals surface area (Å²) in [4.78, 5) is 32.7. The van der Waals surface area contributed by atoms with E-state index in [-0.39, 0.29) is 22.9 Å². The first kappa shape index (κ1) is 16.4. The average molecular weight is 296 g/mol. The van der Waals surface area contributed by atoms with E-state index in [1.807, 2.05) is 6.92 Å². The third kappa shape index (κ3) is 4.44. The Bertz CT molecular complexity index is 558. The number of carbonyl (C=O) groups is 2. The molecule has 8 nitrogen and oxygen atoms in total. The molecule has 1 aromatic carbocycles. The highest BCUT2D eigenvalue weighted by atomic mass is 16.6. The summed E-state index contributed by atoms with van der Waals surface area (Å²) in [6.45, 7) is 3.85. The zero-order valence-corrected chi connectivity index (χ0v) is 11.7. The minimum Gasteiger partial charge on any atom is -0.480 e. The average Bonchev–Trinajstić information content (AvgIpc) is 2.44. The Morgan fingerprint density at radius 1 is 1.48 bits per heavy atom. The number of hydrogen-bond acceptors (Lipinski definition) is 5. The fourth-order valence-corrected chi connectivity index (χ4v) is 1.54. The van der Waals surface area contributed by atoms with Crippen LogP contribution in [0.15, 0.2) is 18.2 Å². The summed E-state index contributed by atoms with van der Waals surface area (Å²) in [5.41, 5.74) is -0.720. The van der Waals surface area contributed by atoms with Gasteiger partial charge in [-0.25, -0.2) is 4.79 Å². The summed E-state index contributed by atoms with van der Waals surface area (Å²) in [5, 5.41) is 22.3. The third-order valence-corrected chi connectivity index (χ3v) is 2.63. The molecular weight excluding hydrogens is 280 g/mol. The fraction of sp³-hybridized carbons (Fsp3) is 0.385. The van der Waals surface area contributed by atoms with Crippen LogP contribution in [0, 0.1) is 10.1 Å². The van der Waals surface area contributed by atoms with Gasteiger partial charge in [0.15, 0.2) is 6.10 Å². The van der Waals surface area contributed by atoms with E-state index < -0.39 is 17.0 Å². The second-order valence-corrected chi connectivity index (χ2v) is 4.29. The van der Waals surface area contributed by atoms with Crippen molar-refractivity contribution in [3.8, 4) is 5.75 Å². The highest BCUT2D eigenvalue weighted by Crippen LogP contribution is 2.25. The Kier molecular flexibility index (Phi) is 5.65. The van der Waals surface area contributed by atoms with Crippen molar-refractivity contribution in [1.82, 2.24) is 5.32 Å². The molecule has 8 heteroatoms. The van der Waals surface area contributed by atoms with E-state index >= 15 is 0 Å². The largest absolute Gasteiger partial charge is 0.480 e. The lowest BCUT2D eigenvalue weighted by Gasteiger charge is -2.15. The molecule has 0 aliphatic rings. The van der Waals surface area contributed by atoms with Gasteiger partial charge in [0.2, 0.25) is 0 Å². The van der Waals surface area contributed by atoms with Crippen molar-refractivity contribution in [3.05, 3.63) is 33.9 Å². The smallest absolute Gasteiger partial charge is 0.339 e. The number of nitro benzene ring substituents is 1. The maximum absolute atomic E-state index is 11.7. The molecule has 1 atom stereocenters. The second-order valence-electron chi connectivity index (χ2n) is 4.29. The lowest BCUT2D eigenvalue weighted by atomic mass is 10.1. The van der Waals surface area contributed by atoms with Gasteiger partial charge >= 0.3 is 5.97 Å². The quantitative estimate of drug-likeness (QED) is 0.582. The van der Waals surface area contributed by atoms with Crippen LogP contribution in [-0.4, -0.2) is 34.6 Å². The monoisotopic (exact) mass is 296 g/mol. The number of nitro groups is 1. The van der Waals surface area contributed by atoms with Crippen LogP contribution in [0.1, 0.15) is 30.6 Å². The third-order valence-electron chi connectivity index (χ3n) is 2.63. The van der Waals surface area contributed by atoms with E-state index in [1.165, 1.54) is 13.0 Å². The lowest BCUT2D eigenvalue weighted by molar-refractivity contribution is -0.384. The van der Waals surface area contributed by atoms with Gasteiger partial charge in [0, 0.05) is 18.7 Å². The van der Waals surface area contributed by atoms with Gasteiger partial charge < -0.3 is 15.2 Å². The van der Waals surface area contributed by atoms with Crippen LogP contribution in [0.25, 0.3) is 0 Å². The maximum atomic E-state index is 11.7. The number of ether oxygens (including phenoxy) is 1. The summed E-state index contributed by atoms with van der Waals surface area (Å²) in [6, 6.07) is 3.19. The molecule has 0 heterocycles. The first-order chi connectivity index (χ1) is 9.86. The minimum absolute atomic E-state index is 0.0905. The molecule has 0 fully saturated rings. The molecule has 0 bridgehead atoms.